The molecule has 0 spiro atoms. The van der Waals surface area contributed by atoms with E-state index in [0.29, 0.717) is 4.47 Å². The van der Waals surface area contributed by atoms with Crippen LogP contribution in [0, 0.1) is 0 Å². The number of amides is 1. The van der Waals surface area contributed by atoms with Crippen molar-refractivity contribution in [1.82, 2.24) is 0 Å². The minimum absolute atomic E-state index is 0.0349. The predicted octanol–water partition coefficient (Wildman–Crippen LogP) is 4.71. The van der Waals surface area contributed by atoms with E-state index in [1.54, 1.807) is 12.1 Å². The molecule has 108 valence electrons. The van der Waals surface area contributed by atoms with Crippen molar-refractivity contribution in [2.24, 2.45) is 0 Å². The summed E-state index contributed by atoms with van der Waals surface area (Å²) in [6.45, 7) is 0. The van der Waals surface area contributed by atoms with Crippen LogP contribution in [0.15, 0.2) is 40.9 Å². The fraction of sp³-hybridized carbons (Fsp3) is 0. The third-order valence-corrected chi connectivity index (χ3v) is 4.29. The Labute approximate surface area is 138 Å². The predicted molar refractivity (Wildman–Crippen MR) is 85.5 cm³/mol. The summed E-state index contributed by atoms with van der Waals surface area (Å²) >= 11 is 15.2. The van der Waals surface area contributed by atoms with Gasteiger partial charge in [-0.25, -0.2) is 4.79 Å². The van der Waals surface area contributed by atoms with E-state index in [1.165, 1.54) is 24.3 Å². The number of hydrogen-bond acceptors (Lipinski definition) is 2. The molecule has 21 heavy (non-hydrogen) atoms. The lowest BCUT2D eigenvalue weighted by molar-refractivity contribution is 0.0698. The van der Waals surface area contributed by atoms with Crippen LogP contribution in [-0.2, 0) is 0 Å². The Kier molecular flexibility index (Phi) is 4.88. The van der Waals surface area contributed by atoms with Gasteiger partial charge < -0.3 is 10.4 Å². The monoisotopic (exact) mass is 387 g/mol. The molecule has 2 aromatic rings. The topological polar surface area (TPSA) is 66.4 Å². The molecule has 1 amide bonds. The van der Waals surface area contributed by atoms with Gasteiger partial charge in [-0.3, -0.25) is 4.79 Å². The second kappa shape index (κ2) is 6.47. The Morgan fingerprint density at radius 3 is 2.33 bits per heavy atom. The van der Waals surface area contributed by atoms with Crippen molar-refractivity contribution in [3.63, 3.8) is 0 Å². The molecule has 0 saturated heterocycles. The van der Waals surface area contributed by atoms with Crippen LogP contribution >= 0.6 is 39.1 Å². The summed E-state index contributed by atoms with van der Waals surface area (Å²) in [6.07, 6.45) is 0. The van der Waals surface area contributed by atoms with E-state index >= 15 is 0 Å². The second-order valence-corrected chi connectivity index (χ2v) is 5.66. The fourth-order valence-corrected chi connectivity index (χ4v) is 2.49. The maximum absolute atomic E-state index is 12.2. The van der Waals surface area contributed by atoms with Gasteiger partial charge in [-0.1, -0.05) is 35.3 Å². The summed E-state index contributed by atoms with van der Waals surface area (Å²) in [6, 6.07) is 9.21. The summed E-state index contributed by atoms with van der Waals surface area (Å²) in [5.41, 5.74) is 0.150. The maximum Gasteiger partial charge on any atom is 0.337 e. The molecule has 0 atom stereocenters. The van der Waals surface area contributed by atoms with Crippen LogP contribution in [0.5, 0.6) is 0 Å². The largest absolute Gasteiger partial charge is 0.478 e. The molecule has 2 N–H and O–H groups in total. The lowest BCUT2D eigenvalue weighted by Gasteiger charge is -2.11. The smallest absolute Gasteiger partial charge is 0.337 e. The minimum Gasteiger partial charge on any atom is -0.478 e. The molecule has 0 saturated carbocycles. The van der Waals surface area contributed by atoms with Gasteiger partial charge in [0, 0.05) is 4.47 Å². The highest BCUT2D eigenvalue weighted by atomic mass is 79.9. The summed E-state index contributed by atoms with van der Waals surface area (Å²) in [5, 5.41) is 12.0. The number of carbonyl (C=O) groups is 2. The van der Waals surface area contributed by atoms with Crippen LogP contribution in [0.3, 0.4) is 0 Å². The van der Waals surface area contributed by atoms with Gasteiger partial charge in [-0.2, -0.15) is 0 Å². The average Bonchev–Trinajstić information content (AvgIpc) is 2.43. The molecule has 4 nitrogen and oxygen atoms in total. The van der Waals surface area contributed by atoms with Crippen LogP contribution in [0.1, 0.15) is 20.7 Å². The molecule has 0 fully saturated rings. The summed E-state index contributed by atoms with van der Waals surface area (Å²) in [4.78, 5) is 23.4. The molecule has 0 aliphatic heterocycles. The number of carboxylic acid groups (broad SMARTS) is 1. The van der Waals surface area contributed by atoms with Crippen molar-refractivity contribution in [2.75, 3.05) is 5.32 Å². The number of benzene rings is 2. The van der Waals surface area contributed by atoms with Crippen molar-refractivity contribution in [3.05, 3.63) is 62.0 Å². The first-order valence-corrected chi connectivity index (χ1v) is 7.24. The Bertz CT molecular complexity index is 734. The highest BCUT2D eigenvalue weighted by Gasteiger charge is 2.18. The minimum atomic E-state index is -1.19. The zero-order valence-electron chi connectivity index (χ0n) is 10.4. The SMILES string of the molecule is O=C(Nc1c(Cl)cccc1C(=O)O)c1cccc(Br)c1Cl. The van der Waals surface area contributed by atoms with Gasteiger partial charge in [-0.05, 0) is 40.2 Å². The van der Waals surface area contributed by atoms with Gasteiger partial charge in [0.1, 0.15) is 0 Å². The Hall–Kier alpha value is -1.56. The standard InChI is InChI=1S/C14H8BrCl2NO3/c15-9-5-1-3-7(11(9)17)13(19)18-12-8(14(20)21)4-2-6-10(12)16/h1-6H,(H,18,19)(H,20,21). The van der Waals surface area contributed by atoms with Gasteiger partial charge in [0.05, 0.1) is 26.9 Å². The van der Waals surface area contributed by atoms with E-state index in [0.717, 1.165) is 0 Å². The summed E-state index contributed by atoms with van der Waals surface area (Å²) in [5.74, 6) is -1.73. The Morgan fingerprint density at radius 1 is 1.05 bits per heavy atom. The van der Waals surface area contributed by atoms with Crippen LogP contribution in [0.4, 0.5) is 5.69 Å². The van der Waals surface area contributed by atoms with E-state index in [1.807, 2.05) is 0 Å². The quantitative estimate of drug-likeness (QED) is 0.800. The number of para-hydroxylation sites is 1. The van der Waals surface area contributed by atoms with E-state index < -0.39 is 11.9 Å². The number of carbonyl (C=O) groups excluding carboxylic acids is 1. The van der Waals surface area contributed by atoms with E-state index in [-0.39, 0.29) is 26.9 Å². The number of aromatic carboxylic acids is 1. The van der Waals surface area contributed by atoms with E-state index in [2.05, 4.69) is 21.2 Å². The lowest BCUT2D eigenvalue weighted by Crippen LogP contribution is -2.15. The number of hydrogen-bond donors (Lipinski definition) is 2. The first-order valence-electron chi connectivity index (χ1n) is 5.69. The Morgan fingerprint density at radius 2 is 1.67 bits per heavy atom. The summed E-state index contributed by atoms with van der Waals surface area (Å²) in [7, 11) is 0. The van der Waals surface area contributed by atoms with Crippen molar-refractivity contribution < 1.29 is 14.7 Å². The van der Waals surface area contributed by atoms with Gasteiger partial charge >= 0.3 is 5.97 Å². The molecular weight excluding hydrogens is 381 g/mol. The number of halogens is 3. The van der Waals surface area contributed by atoms with Gasteiger partial charge in [-0.15, -0.1) is 0 Å². The molecular formula is C14H8BrCl2NO3. The van der Waals surface area contributed by atoms with Crippen molar-refractivity contribution in [1.29, 1.82) is 0 Å². The van der Waals surface area contributed by atoms with Crippen molar-refractivity contribution in [2.45, 2.75) is 0 Å². The zero-order valence-corrected chi connectivity index (χ0v) is 13.5. The van der Waals surface area contributed by atoms with Crippen LogP contribution in [0.25, 0.3) is 0 Å². The highest BCUT2D eigenvalue weighted by Crippen LogP contribution is 2.29. The first kappa shape index (κ1) is 15.8. The van der Waals surface area contributed by atoms with Crippen molar-refractivity contribution >= 4 is 56.7 Å². The van der Waals surface area contributed by atoms with Crippen LogP contribution in [-0.4, -0.2) is 17.0 Å². The molecule has 0 unspecified atom stereocenters. The third kappa shape index (κ3) is 3.37. The summed E-state index contributed by atoms with van der Waals surface area (Å²) < 4.78 is 0.564. The van der Waals surface area contributed by atoms with Crippen molar-refractivity contribution in [3.8, 4) is 0 Å². The van der Waals surface area contributed by atoms with Crippen LogP contribution < -0.4 is 5.32 Å². The number of carboxylic acids is 1. The molecule has 2 rings (SSSR count). The molecule has 2 aromatic carbocycles. The third-order valence-electron chi connectivity index (χ3n) is 2.68. The molecule has 0 heterocycles. The molecule has 7 heteroatoms. The number of anilines is 1. The number of nitrogens with one attached hydrogen (secondary N) is 1. The van der Waals surface area contributed by atoms with E-state index in [4.69, 9.17) is 28.3 Å². The molecule has 0 aromatic heterocycles. The second-order valence-electron chi connectivity index (χ2n) is 4.02. The van der Waals surface area contributed by atoms with Gasteiger partial charge in [0.2, 0.25) is 0 Å². The first-order chi connectivity index (χ1) is 9.91. The van der Waals surface area contributed by atoms with E-state index in [9.17, 15) is 9.59 Å². The number of rotatable bonds is 3. The van der Waals surface area contributed by atoms with Crippen LogP contribution in [0.2, 0.25) is 10.0 Å². The van der Waals surface area contributed by atoms with Gasteiger partial charge in [0.15, 0.2) is 0 Å². The molecule has 0 bridgehead atoms. The normalized spacial score (nSPS) is 10.2. The lowest BCUT2D eigenvalue weighted by atomic mass is 10.1. The molecule has 0 aliphatic carbocycles. The molecule has 0 aliphatic rings. The fourth-order valence-electron chi connectivity index (χ4n) is 1.69. The maximum atomic E-state index is 12.2. The van der Waals surface area contributed by atoms with Gasteiger partial charge in [0.25, 0.3) is 5.91 Å². The Balaban J connectivity index is 2.41. The highest BCUT2D eigenvalue weighted by molar-refractivity contribution is 9.10. The molecule has 0 radical (unpaired) electrons. The zero-order chi connectivity index (χ0) is 15.6. The average molecular weight is 389 g/mol.